The Morgan fingerprint density at radius 2 is 1.84 bits per heavy atom. The number of halogens is 3. The maximum atomic E-state index is 13.8. The summed E-state index contributed by atoms with van der Waals surface area (Å²) in [6, 6.07) is 0.615. The molecule has 0 saturated carbocycles. The summed E-state index contributed by atoms with van der Waals surface area (Å²) in [5.74, 6) is 0.798. The first-order valence-corrected chi connectivity index (χ1v) is 19.5. The van der Waals surface area contributed by atoms with Gasteiger partial charge in [0.1, 0.15) is 31.0 Å². The largest absolute Gasteiger partial charge is 0.493 e. The van der Waals surface area contributed by atoms with E-state index < -0.39 is 63.9 Å². The van der Waals surface area contributed by atoms with Crippen molar-refractivity contribution in [2.45, 2.75) is 72.5 Å². The van der Waals surface area contributed by atoms with Crippen molar-refractivity contribution in [3.8, 4) is 34.8 Å². The summed E-state index contributed by atoms with van der Waals surface area (Å²) in [6.45, 7) is 4.06. The van der Waals surface area contributed by atoms with Crippen LogP contribution in [0.1, 0.15) is 57.6 Å². The Morgan fingerprint density at radius 3 is 2.51 bits per heavy atom. The van der Waals surface area contributed by atoms with Crippen molar-refractivity contribution in [3.63, 3.8) is 0 Å². The zero-order valence-corrected chi connectivity index (χ0v) is 33.8. The van der Waals surface area contributed by atoms with Crippen LogP contribution < -0.4 is 29.0 Å². The number of hydrogen-bond acceptors (Lipinski definition) is 15. The van der Waals surface area contributed by atoms with Gasteiger partial charge in [-0.3, -0.25) is 14.6 Å². The molecule has 5 heterocycles. The number of piperazine rings is 1. The molecular weight excluding hydrogens is 803 g/mol. The maximum Gasteiger partial charge on any atom is 0.408 e. The highest BCUT2D eigenvalue weighted by Gasteiger charge is 2.61. The number of methoxy groups -OCH3 is 2. The number of ether oxygens (including phenoxy) is 8. The van der Waals surface area contributed by atoms with Gasteiger partial charge in [-0.2, -0.15) is 5.26 Å². The second kappa shape index (κ2) is 15.4. The van der Waals surface area contributed by atoms with Gasteiger partial charge in [-0.1, -0.05) is 40.9 Å². The Morgan fingerprint density at radius 1 is 1.09 bits per heavy atom. The Balaban J connectivity index is 1.46. The van der Waals surface area contributed by atoms with Crippen molar-refractivity contribution in [2.75, 3.05) is 53.8 Å². The molecule has 5 aliphatic heterocycles. The number of likely N-dealkylation sites (N-methyl/N-ethyl adjacent to an activating group) is 1. The number of rotatable bonds is 7. The molecule has 19 heteroatoms. The Bertz CT molecular complexity index is 1960. The average molecular weight is 842 g/mol. The molecule has 0 aliphatic carbocycles. The quantitative estimate of drug-likeness (QED) is 0.172. The van der Waals surface area contributed by atoms with Crippen LogP contribution in [0.15, 0.2) is 6.07 Å². The van der Waals surface area contributed by atoms with Gasteiger partial charge in [-0.25, -0.2) is 9.59 Å². The first-order valence-electron chi connectivity index (χ1n) is 17.3. The second-order valence-corrected chi connectivity index (χ2v) is 17.5. The van der Waals surface area contributed by atoms with Crippen molar-refractivity contribution in [1.82, 2.24) is 15.1 Å². The predicted octanol–water partition coefficient (Wildman–Crippen LogP) is 4.97. The van der Waals surface area contributed by atoms with E-state index in [2.05, 4.69) is 27.3 Å². The lowest BCUT2D eigenvalue weighted by atomic mass is 9.71. The maximum absolute atomic E-state index is 13.8. The van der Waals surface area contributed by atoms with Gasteiger partial charge in [0.25, 0.3) is 0 Å². The number of amides is 1. The number of aryl methyl sites for hydroxylation is 1. The van der Waals surface area contributed by atoms with Gasteiger partial charge in [-0.05, 0) is 38.4 Å². The lowest BCUT2D eigenvalue weighted by molar-refractivity contribution is -0.151. The number of carbonyl (C=O) groups is 3. The normalized spacial score (nSPS) is 26.8. The average Bonchev–Trinajstić information content (AvgIpc) is 3.62. The van der Waals surface area contributed by atoms with E-state index in [4.69, 9.17) is 72.7 Å². The van der Waals surface area contributed by atoms with Crippen molar-refractivity contribution >= 4 is 64.6 Å². The molecule has 3 unspecified atom stereocenters. The summed E-state index contributed by atoms with van der Waals surface area (Å²) in [6.07, 6.45) is -0.492. The molecule has 2 aromatic rings. The number of carbonyl (C=O) groups excluding carboxylic acids is 3. The number of cyclic esters (lactones) is 1. The summed E-state index contributed by atoms with van der Waals surface area (Å²) < 4.78 is 45.0. The van der Waals surface area contributed by atoms with Gasteiger partial charge < -0.3 is 43.2 Å². The molecule has 55 heavy (non-hydrogen) atoms. The van der Waals surface area contributed by atoms with E-state index in [0.29, 0.717) is 46.1 Å². The zero-order valence-electron chi connectivity index (χ0n) is 30.7. The number of hydrogen-bond donors (Lipinski definition) is 1. The molecule has 0 spiro atoms. The summed E-state index contributed by atoms with van der Waals surface area (Å²) in [7, 11) is 5.09. The van der Waals surface area contributed by atoms with Crippen molar-refractivity contribution in [1.29, 1.82) is 5.26 Å². The fraction of sp³-hybridized carbons (Fsp3) is 0.556. The molecule has 5 aliphatic rings. The number of benzene rings is 2. The third-order valence-electron chi connectivity index (χ3n) is 10.6. The Kier molecular flexibility index (Phi) is 11.1. The molecule has 296 valence electrons. The molecule has 4 bridgehead atoms. The van der Waals surface area contributed by atoms with E-state index in [-0.39, 0.29) is 37.7 Å². The number of thioether (sulfide) groups is 1. The van der Waals surface area contributed by atoms with Crippen LogP contribution in [0.3, 0.4) is 0 Å². The lowest BCUT2D eigenvalue weighted by Gasteiger charge is -2.61. The number of esters is 2. The van der Waals surface area contributed by atoms with Gasteiger partial charge in [0.15, 0.2) is 29.8 Å². The minimum absolute atomic E-state index is 0.0397. The Labute approximate surface area is 336 Å². The van der Waals surface area contributed by atoms with E-state index in [1.54, 1.807) is 14.0 Å². The van der Waals surface area contributed by atoms with Crippen LogP contribution in [0, 0.1) is 25.2 Å². The van der Waals surface area contributed by atoms with Gasteiger partial charge >= 0.3 is 18.0 Å². The summed E-state index contributed by atoms with van der Waals surface area (Å²) >= 11 is 18.7. The topological polar surface area (TPSA) is 167 Å². The fourth-order valence-corrected chi connectivity index (χ4v) is 10.3. The van der Waals surface area contributed by atoms with Crippen molar-refractivity contribution < 1.29 is 52.3 Å². The smallest absolute Gasteiger partial charge is 0.408 e. The minimum Gasteiger partial charge on any atom is -0.493 e. The molecular formula is C36H39Cl3N4O11S. The summed E-state index contributed by atoms with van der Waals surface area (Å²) in [4.78, 5) is 43.8. The number of nitrogens with one attached hydrogen (secondary N) is 1. The fourth-order valence-electron chi connectivity index (χ4n) is 8.64. The molecule has 7 rings (SSSR count). The van der Waals surface area contributed by atoms with Crippen LogP contribution in [-0.2, 0) is 30.2 Å². The minimum atomic E-state index is -1.88. The van der Waals surface area contributed by atoms with Crippen LogP contribution in [0.25, 0.3) is 0 Å². The summed E-state index contributed by atoms with van der Waals surface area (Å²) in [5, 5.41) is 13.0. The number of alkyl halides is 3. The molecule has 1 N–H and O–H groups in total. The monoisotopic (exact) mass is 840 g/mol. The number of nitriles is 1. The van der Waals surface area contributed by atoms with E-state index in [0.717, 1.165) is 16.7 Å². The molecule has 1 amide bonds. The van der Waals surface area contributed by atoms with Gasteiger partial charge in [0.2, 0.25) is 10.6 Å². The van der Waals surface area contributed by atoms with Gasteiger partial charge in [-0.15, -0.1) is 11.8 Å². The first kappa shape index (κ1) is 39.7. The zero-order chi connectivity index (χ0) is 39.5. The Hall–Kier alpha value is -3.56. The summed E-state index contributed by atoms with van der Waals surface area (Å²) in [5.41, 5.74) is 4.45. The third-order valence-corrected chi connectivity index (χ3v) is 12.3. The van der Waals surface area contributed by atoms with Crippen LogP contribution in [-0.4, -0.2) is 110 Å². The van der Waals surface area contributed by atoms with E-state index in [9.17, 15) is 19.6 Å². The molecule has 7 atom stereocenters. The predicted molar refractivity (Wildman–Crippen MR) is 199 cm³/mol. The van der Waals surface area contributed by atoms with Crippen LogP contribution in [0.2, 0.25) is 0 Å². The molecule has 15 nitrogen and oxygen atoms in total. The molecule has 2 aromatic carbocycles. The molecule has 2 saturated heterocycles. The molecule has 2 fully saturated rings. The van der Waals surface area contributed by atoms with Crippen LogP contribution in [0.4, 0.5) is 4.79 Å². The van der Waals surface area contributed by atoms with Gasteiger partial charge in [0.05, 0.1) is 30.5 Å². The number of alkyl carbamates (subject to hydrolysis) is 1. The highest BCUT2D eigenvalue weighted by Crippen LogP contribution is 2.64. The van der Waals surface area contributed by atoms with Crippen LogP contribution >= 0.6 is 46.6 Å². The highest BCUT2D eigenvalue weighted by atomic mass is 35.6. The van der Waals surface area contributed by atoms with Gasteiger partial charge in [0, 0.05) is 54.1 Å². The van der Waals surface area contributed by atoms with E-state index in [1.165, 1.54) is 25.8 Å². The number of nitrogens with zero attached hydrogens (tertiary/aromatic N) is 3. The van der Waals surface area contributed by atoms with Crippen molar-refractivity contribution in [2.24, 2.45) is 0 Å². The SMILES string of the molecule is COCOc1c(OC)c(C)cc2c1[C@@H]1C3[C@@H]4SCC(NC(=O)OCC(Cl)(Cl)Cl)C(=O)OC[C@@H](c5c6c(c(C)c(OC(C)=O)c54)OCO6)N3C(C#N)[C@H](C2)N1C. The first-order chi connectivity index (χ1) is 26.2. The number of fused-ring (bicyclic) bond motifs is 9. The van der Waals surface area contributed by atoms with Crippen LogP contribution in [0.5, 0.6) is 28.7 Å². The van der Waals surface area contributed by atoms with E-state index >= 15 is 0 Å². The second-order valence-electron chi connectivity index (χ2n) is 13.8. The van der Waals surface area contributed by atoms with E-state index in [1.807, 2.05) is 14.0 Å². The third kappa shape index (κ3) is 6.96. The lowest BCUT2D eigenvalue weighted by Crippen LogP contribution is -2.69. The molecule has 0 aromatic heterocycles. The standard InChI is InChI=1S/C36H39Cl3N4O11S/c1-15-7-18-8-20-21(9-40)43-22-10-49-34(45)19(41-35(46)50-12-36(37,38)39)11-55-33(25-24(22)32-30(52-14-53-32)16(2)29(25)54-17(3)44)27(43)26(42(20)4)23(18)31(28(15)48-6)51-13-47-5/h7,19-22,26-27,33H,8,10-14H2,1-6H3,(H,41,46)/t19?,20-,21?,22-,26+,27?,33+/m0/s1. The molecule has 0 radical (unpaired) electrons. The highest BCUT2D eigenvalue weighted by molar-refractivity contribution is 7.99. The van der Waals surface area contributed by atoms with Crippen molar-refractivity contribution in [3.05, 3.63) is 39.4 Å².